The van der Waals surface area contributed by atoms with E-state index < -0.39 is 0 Å². The second-order valence-corrected chi connectivity index (χ2v) is 6.34. The first kappa shape index (κ1) is 16.9. The van der Waals surface area contributed by atoms with E-state index in [-0.39, 0.29) is 11.8 Å². The van der Waals surface area contributed by atoms with E-state index in [2.05, 4.69) is 20.4 Å². The predicted octanol–water partition coefficient (Wildman–Crippen LogP) is 2.74. The Labute approximate surface area is 146 Å². The molecule has 1 N–H and O–H groups in total. The van der Waals surface area contributed by atoms with Gasteiger partial charge in [-0.05, 0) is 45.0 Å². The van der Waals surface area contributed by atoms with Crippen LogP contribution in [-0.2, 0) is 11.3 Å². The van der Waals surface area contributed by atoms with Crippen molar-refractivity contribution in [3.8, 4) is 11.4 Å². The molecule has 0 spiro atoms. The first-order valence-corrected chi connectivity index (χ1v) is 8.62. The molecule has 0 saturated carbocycles. The molecule has 1 aliphatic rings. The molecule has 2 aromatic rings. The van der Waals surface area contributed by atoms with Crippen LogP contribution in [0.2, 0.25) is 5.02 Å². The molecule has 1 aromatic heterocycles. The quantitative estimate of drug-likeness (QED) is 0.899. The fourth-order valence-electron chi connectivity index (χ4n) is 2.93. The minimum atomic E-state index is 0.113. The van der Waals surface area contributed by atoms with E-state index in [0.29, 0.717) is 29.8 Å². The number of carbonyl (C=O) groups excluding carboxylic acids is 1. The number of halogens is 1. The van der Waals surface area contributed by atoms with Crippen LogP contribution < -0.4 is 5.32 Å². The van der Waals surface area contributed by atoms with Crippen LogP contribution in [0.25, 0.3) is 11.4 Å². The van der Waals surface area contributed by atoms with Gasteiger partial charge in [-0.15, -0.1) is 0 Å². The molecule has 128 valence electrons. The Balaban J connectivity index is 1.57. The van der Waals surface area contributed by atoms with Crippen LogP contribution in [-0.4, -0.2) is 40.6 Å². The molecule has 24 heavy (non-hydrogen) atoms. The first-order valence-electron chi connectivity index (χ1n) is 8.25. The molecule has 1 amide bonds. The molecule has 0 bridgehead atoms. The molecule has 0 radical (unpaired) electrons. The van der Waals surface area contributed by atoms with Gasteiger partial charge in [-0.2, -0.15) is 4.98 Å². The van der Waals surface area contributed by atoms with E-state index in [0.717, 1.165) is 31.5 Å². The van der Waals surface area contributed by atoms with Crippen molar-refractivity contribution >= 4 is 17.5 Å². The summed E-state index contributed by atoms with van der Waals surface area (Å²) in [6, 6.07) is 7.43. The molecule has 1 fully saturated rings. The van der Waals surface area contributed by atoms with Crippen molar-refractivity contribution in [2.75, 3.05) is 19.6 Å². The summed E-state index contributed by atoms with van der Waals surface area (Å²) in [6.07, 6.45) is 1.72. The molecule has 0 aliphatic carbocycles. The Morgan fingerprint density at radius 2 is 2.12 bits per heavy atom. The highest BCUT2D eigenvalue weighted by molar-refractivity contribution is 6.33. The number of hydrogen-bond acceptors (Lipinski definition) is 5. The summed E-state index contributed by atoms with van der Waals surface area (Å²) in [7, 11) is 0. The lowest BCUT2D eigenvalue weighted by molar-refractivity contribution is -0.126. The van der Waals surface area contributed by atoms with Gasteiger partial charge < -0.3 is 9.84 Å². The minimum Gasteiger partial charge on any atom is -0.356 e. The van der Waals surface area contributed by atoms with E-state index in [9.17, 15) is 4.79 Å². The predicted molar refractivity (Wildman–Crippen MR) is 91.4 cm³/mol. The number of carbonyl (C=O) groups is 1. The summed E-state index contributed by atoms with van der Waals surface area (Å²) in [5.41, 5.74) is 0.768. The lowest BCUT2D eigenvalue weighted by Gasteiger charge is -2.30. The fraction of sp³-hybridized carbons (Fsp3) is 0.471. The SMILES string of the molecule is CCNC(=O)C1CCN(Cc2nc(-c3ccccc3Cl)no2)CC1. The van der Waals surface area contributed by atoms with Gasteiger partial charge in [-0.1, -0.05) is 28.9 Å². The van der Waals surface area contributed by atoms with Crippen LogP contribution in [0.5, 0.6) is 0 Å². The van der Waals surface area contributed by atoms with Gasteiger partial charge in [0.1, 0.15) is 0 Å². The number of aromatic nitrogens is 2. The topological polar surface area (TPSA) is 71.3 Å². The standard InChI is InChI=1S/C17H21ClN4O2/c1-2-19-17(23)12-7-9-22(10-8-12)11-15-20-16(21-24-15)13-5-3-4-6-14(13)18/h3-6,12H,2,7-11H2,1H3,(H,19,23). The summed E-state index contributed by atoms with van der Waals surface area (Å²) >= 11 is 6.16. The molecule has 0 atom stereocenters. The highest BCUT2D eigenvalue weighted by Crippen LogP contribution is 2.25. The van der Waals surface area contributed by atoms with Crippen molar-refractivity contribution < 1.29 is 9.32 Å². The van der Waals surface area contributed by atoms with Crippen molar-refractivity contribution in [2.45, 2.75) is 26.3 Å². The Morgan fingerprint density at radius 1 is 1.38 bits per heavy atom. The van der Waals surface area contributed by atoms with Crippen LogP contribution in [0.15, 0.2) is 28.8 Å². The maximum absolute atomic E-state index is 11.9. The third-order valence-corrected chi connectivity index (χ3v) is 4.58. The normalized spacial score (nSPS) is 16.2. The van der Waals surface area contributed by atoms with Crippen molar-refractivity contribution in [3.05, 3.63) is 35.2 Å². The van der Waals surface area contributed by atoms with Gasteiger partial charge >= 0.3 is 0 Å². The smallest absolute Gasteiger partial charge is 0.241 e. The van der Waals surface area contributed by atoms with Crippen molar-refractivity contribution in [1.82, 2.24) is 20.4 Å². The van der Waals surface area contributed by atoms with Crippen LogP contribution in [0.1, 0.15) is 25.7 Å². The Bertz CT molecular complexity index is 695. The maximum Gasteiger partial charge on any atom is 0.241 e. The summed E-state index contributed by atoms with van der Waals surface area (Å²) in [4.78, 5) is 18.5. The van der Waals surface area contributed by atoms with Gasteiger partial charge in [0.25, 0.3) is 0 Å². The zero-order valence-electron chi connectivity index (χ0n) is 13.7. The van der Waals surface area contributed by atoms with Gasteiger partial charge in [-0.3, -0.25) is 9.69 Å². The fourth-order valence-corrected chi connectivity index (χ4v) is 3.15. The summed E-state index contributed by atoms with van der Waals surface area (Å²) in [5, 5.41) is 7.52. The third kappa shape index (κ3) is 3.94. The summed E-state index contributed by atoms with van der Waals surface area (Å²) in [6.45, 7) is 4.93. The summed E-state index contributed by atoms with van der Waals surface area (Å²) in [5.74, 6) is 1.35. The highest BCUT2D eigenvalue weighted by atomic mass is 35.5. The van der Waals surface area contributed by atoms with Crippen LogP contribution in [0, 0.1) is 5.92 Å². The minimum absolute atomic E-state index is 0.113. The van der Waals surface area contributed by atoms with Crippen molar-refractivity contribution in [1.29, 1.82) is 0 Å². The van der Waals surface area contributed by atoms with Crippen molar-refractivity contribution in [2.24, 2.45) is 5.92 Å². The highest BCUT2D eigenvalue weighted by Gasteiger charge is 2.25. The molecule has 3 rings (SSSR count). The Hall–Kier alpha value is -1.92. The third-order valence-electron chi connectivity index (χ3n) is 4.25. The number of benzene rings is 1. The van der Waals surface area contributed by atoms with Crippen LogP contribution in [0.4, 0.5) is 0 Å². The van der Waals surface area contributed by atoms with Gasteiger partial charge in [0, 0.05) is 18.0 Å². The van der Waals surface area contributed by atoms with E-state index >= 15 is 0 Å². The maximum atomic E-state index is 11.9. The molecule has 1 saturated heterocycles. The summed E-state index contributed by atoms with van der Waals surface area (Å²) < 4.78 is 5.35. The average molecular weight is 349 g/mol. The van der Waals surface area contributed by atoms with Gasteiger partial charge in [0.15, 0.2) is 0 Å². The molecule has 1 aliphatic heterocycles. The van der Waals surface area contributed by atoms with E-state index in [1.807, 2.05) is 25.1 Å². The van der Waals surface area contributed by atoms with Gasteiger partial charge in [-0.25, -0.2) is 0 Å². The van der Waals surface area contributed by atoms with E-state index in [4.69, 9.17) is 16.1 Å². The molecular weight excluding hydrogens is 328 g/mol. The molecule has 1 aromatic carbocycles. The Kier molecular flexibility index (Phi) is 5.48. The van der Waals surface area contributed by atoms with Crippen LogP contribution >= 0.6 is 11.6 Å². The first-order chi connectivity index (χ1) is 11.7. The van der Waals surface area contributed by atoms with Crippen LogP contribution in [0.3, 0.4) is 0 Å². The van der Waals surface area contributed by atoms with Gasteiger partial charge in [0.05, 0.1) is 11.6 Å². The number of hydrogen-bond donors (Lipinski definition) is 1. The Morgan fingerprint density at radius 3 is 2.83 bits per heavy atom. The molecule has 2 heterocycles. The zero-order chi connectivity index (χ0) is 16.9. The number of nitrogens with zero attached hydrogens (tertiary/aromatic N) is 3. The number of piperidine rings is 1. The average Bonchev–Trinajstić information content (AvgIpc) is 3.04. The number of likely N-dealkylation sites (tertiary alicyclic amines) is 1. The lowest BCUT2D eigenvalue weighted by atomic mass is 9.96. The molecule has 6 nitrogen and oxygen atoms in total. The number of rotatable bonds is 5. The largest absolute Gasteiger partial charge is 0.356 e. The second-order valence-electron chi connectivity index (χ2n) is 5.94. The number of nitrogens with one attached hydrogen (secondary N) is 1. The van der Waals surface area contributed by atoms with Crippen molar-refractivity contribution in [3.63, 3.8) is 0 Å². The molecular formula is C17H21ClN4O2. The molecule has 0 unspecified atom stereocenters. The second kappa shape index (κ2) is 7.77. The molecule has 7 heteroatoms. The zero-order valence-corrected chi connectivity index (χ0v) is 14.4. The van der Waals surface area contributed by atoms with E-state index in [1.165, 1.54) is 0 Å². The number of amides is 1. The van der Waals surface area contributed by atoms with E-state index in [1.54, 1.807) is 6.07 Å². The van der Waals surface area contributed by atoms with Gasteiger partial charge in [0.2, 0.25) is 17.6 Å². The lowest BCUT2D eigenvalue weighted by Crippen LogP contribution is -2.40. The monoisotopic (exact) mass is 348 g/mol.